The third-order valence-corrected chi connectivity index (χ3v) is 5.51. The number of hydrogen-bond acceptors (Lipinski definition) is 6. The molecule has 0 aromatic heterocycles. The second-order valence-corrected chi connectivity index (χ2v) is 8.08. The maximum atomic E-state index is 13.1. The first kappa shape index (κ1) is 23.7. The van der Waals surface area contributed by atoms with Gasteiger partial charge in [-0.25, -0.2) is 9.69 Å². The molecule has 0 bridgehead atoms. The van der Waals surface area contributed by atoms with Crippen molar-refractivity contribution in [1.82, 2.24) is 0 Å². The Kier molecular flexibility index (Phi) is 6.64. The van der Waals surface area contributed by atoms with Crippen LogP contribution in [0.4, 0.5) is 11.4 Å². The highest BCUT2D eigenvalue weighted by Gasteiger charge is 2.38. The van der Waals surface area contributed by atoms with Gasteiger partial charge < -0.3 is 14.8 Å². The third kappa shape index (κ3) is 4.91. The van der Waals surface area contributed by atoms with Crippen LogP contribution in [0.15, 0.2) is 60.7 Å². The van der Waals surface area contributed by atoms with Crippen LogP contribution < -0.4 is 15.0 Å². The van der Waals surface area contributed by atoms with Crippen molar-refractivity contribution in [3.05, 3.63) is 88.5 Å². The summed E-state index contributed by atoms with van der Waals surface area (Å²) in [5.41, 5.74) is 3.12. The number of imide groups is 1. The summed E-state index contributed by atoms with van der Waals surface area (Å²) in [4.78, 5) is 51.8. The molecule has 0 fully saturated rings. The van der Waals surface area contributed by atoms with Gasteiger partial charge >= 0.3 is 5.97 Å². The summed E-state index contributed by atoms with van der Waals surface area (Å²) < 4.78 is 10.5. The van der Waals surface area contributed by atoms with E-state index in [9.17, 15) is 19.2 Å². The lowest BCUT2D eigenvalue weighted by molar-refractivity contribution is -0.119. The summed E-state index contributed by atoms with van der Waals surface area (Å²) in [5, 5.41) is 2.63. The van der Waals surface area contributed by atoms with E-state index in [2.05, 4.69) is 5.32 Å². The number of fused-ring (bicyclic) bond motifs is 1. The van der Waals surface area contributed by atoms with Gasteiger partial charge in [-0.1, -0.05) is 12.1 Å². The maximum Gasteiger partial charge on any atom is 0.338 e. The van der Waals surface area contributed by atoms with E-state index in [1.165, 1.54) is 18.2 Å². The van der Waals surface area contributed by atoms with Crippen molar-refractivity contribution in [3.63, 3.8) is 0 Å². The molecule has 1 heterocycles. The molecule has 4 rings (SSSR count). The summed E-state index contributed by atoms with van der Waals surface area (Å²) in [6.07, 6.45) is 0. The van der Waals surface area contributed by atoms with Crippen molar-refractivity contribution < 1.29 is 28.7 Å². The van der Waals surface area contributed by atoms with Gasteiger partial charge in [0.15, 0.2) is 6.61 Å². The molecule has 0 unspecified atom stereocenters. The van der Waals surface area contributed by atoms with Crippen LogP contribution in [-0.4, -0.2) is 36.9 Å². The normalized spacial score (nSPS) is 12.4. The van der Waals surface area contributed by atoms with Gasteiger partial charge in [-0.15, -0.1) is 0 Å². The molecule has 0 saturated carbocycles. The third-order valence-electron chi connectivity index (χ3n) is 5.51. The first-order chi connectivity index (χ1) is 16.8. The number of carbonyl (C=O) groups is 4. The number of hydrogen-bond donors (Lipinski definition) is 1. The fourth-order valence-corrected chi connectivity index (χ4v) is 3.76. The number of rotatable bonds is 7. The van der Waals surface area contributed by atoms with Gasteiger partial charge in [0.1, 0.15) is 5.75 Å². The van der Waals surface area contributed by atoms with Crippen molar-refractivity contribution in [3.8, 4) is 5.75 Å². The fourth-order valence-electron chi connectivity index (χ4n) is 3.76. The first-order valence-electron chi connectivity index (χ1n) is 11.1. The quantitative estimate of drug-likeness (QED) is 0.406. The summed E-state index contributed by atoms with van der Waals surface area (Å²) in [5.74, 6) is -1.58. The average molecular weight is 472 g/mol. The van der Waals surface area contributed by atoms with Crippen molar-refractivity contribution in [2.75, 3.05) is 23.4 Å². The van der Waals surface area contributed by atoms with Gasteiger partial charge in [-0.05, 0) is 80.4 Å². The molecule has 3 aromatic rings. The van der Waals surface area contributed by atoms with Gasteiger partial charge in [0.05, 0.1) is 29.0 Å². The largest absolute Gasteiger partial charge is 0.494 e. The molecule has 0 saturated heterocycles. The van der Waals surface area contributed by atoms with Crippen molar-refractivity contribution >= 4 is 35.1 Å². The molecule has 0 spiro atoms. The molecule has 3 aromatic carbocycles. The number of benzene rings is 3. The Hall–Kier alpha value is -4.46. The van der Waals surface area contributed by atoms with Crippen LogP contribution in [0.5, 0.6) is 5.75 Å². The molecule has 0 atom stereocenters. The fraction of sp³-hybridized carbons (Fsp3) is 0.185. The second kappa shape index (κ2) is 9.80. The molecule has 0 radical (unpaired) electrons. The molecule has 178 valence electrons. The SMILES string of the molecule is CCOc1ccc(NC(=O)COC(=O)c2ccc3c(c2)C(=O)N(c2cc(C)ccc2C)C3=O)cc1. The molecule has 8 nitrogen and oxygen atoms in total. The Morgan fingerprint density at radius 2 is 1.60 bits per heavy atom. The van der Waals surface area contributed by atoms with E-state index in [0.29, 0.717) is 23.7 Å². The molecule has 1 aliphatic rings. The number of carbonyl (C=O) groups excluding carboxylic acids is 4. The van der Waals surface area contributed by atoms with Crippen LogP contribution in [0, 0.1) is 13.8 Å². The minimum absolute atomic E-state index is 0.0709. The highest BCUT2D eigenvalue weighted by Crippen LogP contribution is 2.32. The molecule has 1 N–H and O–H groups in total. The minimum atomic E-state index is -0.778. The lowest BCUT2D eigenvalue weighted by atomic mass is 10.1. The number of nitrogens with zero attached hydrogens (tertiary/aromatic N) is 1. The topological polar surface area (TPSA) is 102 Å². The van der Waals surface area contributed by atoms with Gasteiger partial charge in [-0.3, -0.25) is 14.4 Å². The van der Waals surface area contributed by atoms with Crippen molar-refractivity contribution in [1.29, 1.82) is 0 Å². The number of aryl methyl sites for hydroxylation is 2. The van der Waals surface area contributed by atoms with E-state index in [1.807, 2.05) is 32.9 Å². The molecule has 8 heteroatoms. The van der Waals surface area contributed by atoms with E-state index in [4.69, 9.17) is 9.47 Å². The van der Waals surface area contributed by atoms with Crippen molar-refractivity contribution in [2.45, 2.75) is 20.8 Å². The first-order valence-corrected chi connectivity index (χ1v) is 11.1. The smallest absolute Gasteiger partial charge is 0.338 e. The monoisotopic (exact) mass is 472 g/mol. The van der Waals surface area contributed by atoms with E-state index in [-0.39, 0.29) is 16.7 Å². The summed E-state index contributed by atoms with van der Waals surface area (Å²) in [6, 6.07) is 16.5. The van der Waals surface area contributed by atoms with E-state index in [1.54, 1.807) is 30.3 Å². The van der Waals surface area contributed by atoms with Gasteiger partial charge in [-0.2, -0.15) is 0 Å². The Labute approximate surface area is 202 Å². The van der Waals surface area contributed by atoms with Crippen LogP contribution in [0.2, 0.25) is 0 Å². The zero-order valence-electron chi connectivity index (χ0n) is 19.6. The highest BCUT2D eigenvalue weighted by molar-refractivity contribution is 6.35. The van der Waals surface area contributed by atoms with Crippen molar-refractivity contribution in [2.24, 2.45) is 0 Å². The predicted octanol–water partition coefficient (Wildman–Crippen LogP) is 4.30. The summed E-state index contributed by atoms with van der Waals surface area (Å²) >= 11 is 0. The molecular weight excluding hydrogens is 448 g/mol. The molecule has 1 aliphatic heterocycles. The number of anilines is 2. The van der Waals surface area contributed by atoms with Crippen LogP contribution in [-0.2, 0) is 9.53 Å². The number of esters is 1. The predicted molar refractivity (Wildman–Crippen MR) is 130 cm³/mol. The Morgan fingerprint density at radius 1 is 0.886 bits per heavy atom. The minimum Gasteiger partial charge on any atom is -0.494 e. The Morgan fingerprint density at radius 3 is 2.31 bits per heavy atom. The molecule has 0 aliphatic carbocycles. The van der Waals surface area contributed by atoms with E-state index < -0.39 is 30.3 Å². The number of ether oxygens (including phenoxy) is 2. The summed E-state index contributed by atoms with van der Waals surface area (Å²) in [7, 11) is 0. The van der Waals surface area contributed by atoms with Crippen LogP contribution in [0.3, 0.4) is 0 Å². The maximum absolute atomic E-state index is 13.1. The van der Waals surface area contributed by atoms with Crippen LogP contribution in [0.1, 0.15) is 49.1 Å². The summed E-state index contributed by atoms with van der Waals surface area (Å²) in [6.45, 7) is 5.60. The van der Waals surface area contributed by atoms with Crippen LogP contribution in [0.25, 0.3) is 0 Å². The van der Waals surface area contributed by atoms with E-state index >= 15 is 0 Å². The zero-order chi connectivity index (χ0) is 25.1. The van der Waals surface area contributed by atoms with Gasteiger partial charge in [0.25, 0.3) is 17.7 Å². The second-order valence-electron chi connectivity index (χ2n) is 8.08. The van der Waals surface area contributed by atoms with E-state index in [0.717, 1.165) is 16.0 Å². The Balaban J connectivity index is 1.42. The molecule has 3 amide bonds. The molecular formula is C27H24N2O6. The lowest BCUT2D eigenvalue weighted by Crippen LogP contribution is -2.30. The number of nitrogens with one attached hydrogen (secondary N) is 1. The van der Waals surface area contributed by atoms with Crippen LogP contribution >= 0.6 is 0 Å². The Bertz CT molecular complexity index is 1330. The molecule has 35 heavy (non-hydrogen) atoms. The average Bonchev–Trinajstić information content (AvgIpc) is 3.09. The standard InChI is InChI=1S/C27H24N2O6/c1-4-34-20-10-8-19(9-11-20)28-24(30)15-35-27(33)18-7-12-21-22(14-18)26(32)29(25(21)31)23-13-16(2)5-6-17(23)3/h5-14H,4,15H2,1-3H3,(H,28,30). The zero-order valence-corrected chi connectivity index (χ0v) is 19.6. The highest BCUT2D eigenvalue weighted by atomic mass is 16.5. The van der Waals surface area contributed by atoms with Gasteiger partial charge in [0.2, 0.25) is 0 Å². The number of amides is 3. The lowest BCUT2D eigenvalue weighted by Gasteiger charge is -2.17. The van der Waals surface area contributed by atoms with Gasteiger partial charge in [0, 0.05) is 5.69 Å².